The molecule has 0 radical (unpaired) electrons. The number of rotatable bonds is 6. The van der Waals surface area contributed by atoms with E-state index in [2.05, 4.69) is 27.5 Å². The summed E-state index contributed by atoms with van der Waals surface area (Å²) in [5, 5.41) is 7.11. The van der Waals surface area contributed by atoms with Gasteiger partial charge in [0.15, 0.2) is 0 Å². The number of hydrogen-bond acceptors (Lipinski definition) is 4. The van der Waals surface area contributed by atoms with Crippen molar-refractivity contribution in [1.29, 1.82) is 0 Å². The molecule has 0 saturated carbocycles. The lowest BCUT2D eigenvalue weighted by atomic mass is 10.2. The van der Waals surface area contributed by atoms with Crippen molar-refractivity contribution in [3.63, 3.8) is 0 Å². The molecule has 0 unspecified atom stereocenters. The van der Waals surface area contributed by atoms with Crippen LogP contribution >= 0.6 is 0 Å². The molecule has 1 aromatic heterocycles. The second kappa shape index (κ2) is 6.00. The normalized spacial score (nSPS) is 10.4. The van der Waals surface area contributed by atoms with E-state index in [-0.39, 0.29) is 0 Å². The summed E-state index contributed by atoms with van der Waals surface area (Å²) in [4.78, 5) is 3.87. The summed E-state index contributed by atoms with van der Waals surface area (Å²) in [5.41, 5.74) is 1.25. The second-order valence-corrected chi connectivity index (χ2v) is 3.68. The van der Waals surface area contributed by atoms with Crippen molar-refractivity contribution in [1.82, 2.24) is 20.1 Å². The lowest BCUT2D eigenvalue weighted by Crippen LogP contribution is -2.08. The standard InChI is InChI=1S/C12H16N4O/c1-13-8-11-2-4-12(5-3-11)17-7-6-16-10-14-9-15-16/h2-5,9-10,13H,6-8H2,1H3. The summed E-state index contributed by atoms with van der Waals surface area (Å²) < 4.78 is 7.35. The van der Waals surface area contributed by atoms with E-state index < -0.39 is 0 Å². The zero-order chi connectivity index (χ0) is 11.9. The van der Waals surface area contributed by atoms with E-state index in [0.717, 1.165) is 12.3 Å². The van der Waals surface area contributed by atoms with E-state index in [1.54, 1.807) is 11.0 Å². The van der Waals surface area contributed by atoms with Crippen molar-refractivity contribution >= 4 is 0 Å². The number of hydrogen-bond donors (Lipinski definition) is 1. The van der Waals surface area contributed by atoms with Gasteiger partial charge in [0.1, 0.15) is 25.0 Å². The van der Waals surface area contributed by atoms with Crippen LogP contribution in [-0.2, 0) is 13.1 Å². The Morgan fingerprint density at radius 1 is 1.29 bits per heavy atom. The Balaban J connectivity index is 1.79. The highest BCUT2D eigenvalue weighted by atomic mass is 16.5. The first-order valence-electron chi connectivity index (χ1n) is 5.57. The molecular formula is C12H16N4O. The van der Waals surface area contributed by atoms with E-state index in [0.29, 0.717) is 13.2 Å². The van der Waals surface area contributed by atoms with Gasteiger partial charge in [-0.3, -0.25) is 0 Å². The largest absolute Gasteiger partial charge is 0.492 e. The molecule has 1 N–H and O–H groups in total. The highest BCUT2D eigenvalue weighted by Crippen LogP contribution is 2.11. The molecule has 0 aliphatic rings. The first-order valence-corrected chi connectivity index (χ1v) is 5.57. The van der Waals surface area contributed by atoms with Gasteiger partial charge in [0.25, 0.3) is 0 Å². The molecule has 1 heterocycles. The van der Waals surface area contributed by atoms with Crippen LogP contribution in [0.1, 0.15) is 5.56 Å². The minimum atomic E-state index is 0.592. The summed E-state index contributed by atoms with van der Waals surface area (Å²) in [5.74, 6) is 0.880. The zero-order valence-electron chi connectivity index (χ0n) is 9.84. The maximum Gasteiger partial charge on any atom is 0.137 e. The molecule has 2 rings (SSSR count). The van der Waals surface area contributed by atoms with Crippen LogP contribution in [0.5, 0.6) is 5.75 Å². The number of aromatic nitrogens is 3. The van der Waals surface area contributed by atoms with Crippen molar-refractivity contribution in [2.24, 2.45) is 0 Å². The number of nitrogens with one attached hydrogen (secondary N) is 1. The van der Waals surface area contributed by atoms with E-state index in [9.17, 15) is 0 Å². The van der Waals surface area contributed by atoms with Crippen LogP contribution in [0.15, 0.2) is 36.9 Å². The Morgan fingerprint density at radius 2 is 2.12 bits per heavy atom. The third kappa shape index (κ3) is 3.57. The van der Waals surface area contributed by atoms with Crippen LogP contribution in [0.2, 0.25) is 0 Å². The number of benzene rings is 1. The highest BCUT2D eigenvalue weighted by Gasteiger charge is 1.96. The predicted molar refractivity (Wildman–Crippen MR) is 64.7 cm³/mol. The molecule has 5 nitrogen and oxygen atoms in total. The van der Waals surface area contributed by atoms with Gasteiger partial charge in [0.2, 0.25) is 0 Å². The van der Waals surface area contributed by atoms with Gasteiger partial charge >= 0.3 is 0 Å². The molecule has 17 heavy (non-hydrogen) atoms. The quantitative estimate of drug-likeness (QED) is 0.809. The molecular weight excluding hydrogens is 216 g/mol. The van der Waals surface area contributed by atoms with Crippen molar-refractivity contribution in [2.45, 2.75) is 13.1 Å². The van der Waals surface area contributed by atoms with Gasteiger partial charge in [0, 0.05) is 6.54 Å². The second-order valence-electron chi connectivity index (χ2n) is 3.68. The van der Waals surface area contributed by atoms with Crippen molar-refractivity contribution in [3.05, 3.63) is 42.5 Å². The molecule has 90 valence electrons. The number of nitrogens with zero attached hydrogens (tertiary/aromatic N) is 3. The van der Waals surface area contributed by atoms with Crippen LogP contribution in [0.25, 0.3) is 0 Å². The molecule has 0 atom stereocenters. The molecule has 0 fully saturated rings. The first kappa shape index (κ1) is 11.6. The molecule has 0 aliphatic carbocycles. The monoisotopic (exact) mass is 232 g/mol. The fourth-order valence-electron chi connectivity index (χ4n) is 1.51. The molecule has 0 amide bonds. The minimum Gasteiger partial charge on any atom is -0.492 e. The molecule has 0 bridgehead atoms. The Bertz CT molecular complexity index is 424. The SMILES string of the molecule is CNCc1ccc(OCCn2cncn2)cc1. The van der Waals surface area contributed by atoms with Gasteiger partial charge in [-0.15, -0.1) is 0 Å². The van der Waals surface area contributed by atoms with Crippen LogP contribution in [0, 0.1) is 0 Å². The fourth-order valence-corrected chi connectivity index (χ4v) is 1.51. The smallest absolute Gasteiger partial charge is 0.137 e. The maximum absolute atomic E-state index is 5.60. The van der Waals surface area contributed by atoms with Gasteiger partial charge in [0.05, 0.1) is 6.54 Å². The van der Waals surface area contributed by atoms with Crippen LogP contribution in [-0.4, -0.2) is 28.4 Å². The molecule has 0 spiro atoms. The molecule has 0 aliphatic heterocycles. The molecule has 5 heteroatoms. The summed E-state index contributed by atoms with van der Waals surface area (Å²) in [7, 11) is 1.93. The minimum absolute atomic E-state index is 0.592. The van der Waals surface area contributed by atoms with Crippen molar-refractivity contribution < 1.29 is 4.74 Å². The summed E-state index contributed by atoms with van der Waals surface area (Å²) in [6.45, 7) is 2.17. The van der Waals surface area contributed by atoms with E-state index in [1.165, 1.54) is 11.9 Å². The highest BCUT2D eigenvalue weighted by molar-refractivity contribution is 5.27. The Kier molecular flexibility index (Phi) is 4.10. The van der Waals surface area contributed by atoms with Crippen LogP contribution < -0.4 is 10.1 Å². The van der Waals surface area contributed by atoms with Crippen molar-refractivity contribution in [2.75, 3.05) is 13.7 Å². The van der Waals surface area contributed by atoms with E-state index in [4.69, 9.17) is 4.74 Å². The van der Waals surface area contributed by atoms with Gasteiger partial charge in [-0.1, -0.05) is 12.1 Å². The topological polar surface area (TPSA) is 52.0 Å². The summed E-state index contributed by atoms with van der Waals surface area (Å²) >= 11 is 0. The predicted octanol–water partition coefficient (Wildman–Crippen LogP) is 1.08. The van der Waals surface area contributed by atoms with Gasteiger partial charge in [-0.25, -0.2) is 9.67 Å². The van der Waals surface area contributed by atoms with Crippen LogP contribution in [0.3, 0.4) is 0 Å². The van der Waals surface area contributed by atoms with E-state index in [1.807, 2.05) is 19.2 Å². The lowest BCUT2D eigenvalue weighted by Gasteiger charge is -2.07. The third-order valence-corrected chi connectivity index (χ3v) is 2.36. The average molecular weight is 232 g/mol. The molecule has 0 saturated heterocycles. The Hall–Kier alpha value is -1.88. The van der Waals surface area contributed by atoms with Crippen molar-refractivity contribution in [3.8, 4) is 5.75 Å². The third-order valence-electron chi connectivity index (χ3n) is 2.36. The fraction of sp³-hybridized carbons (Fsp3) is 0.333. The van der Waals surface area contributed by atoms with Gasteiger partial charge < -0.3 is 10.1 Å². The lowest BCUT2D eigenvalue weighted by molar-refractivity contribution is 0.291. The number of ether oxygens (including phenoxy) is 1. The van der Waals surface area contributed by atoms with Crippen LogP contribution in [0.4, 0.5) is 0 Å². The summed E-state index contributed by atoms with van der Waals surface area (Å²) in [6.07, 6.45) is 3.20. The Morgan fingerprint density at radius 3 is 2.76 bits per heavy atom. The first-order chi connectivity index (χ1) is 8.38. The summed E-state index contributed by atoms with van der Waals surface area (Å²) in [6, 6.07) is 8.07. The average Bonchev–Trinajstić information content (AvgIpc) is 2.85. The van der Waals surface area contributed by atoms with Gasteiger partial charge in [-0.2, -0.15) is 5.10 Å². The van der Waals surface area contributed by atoms with E-state index >= 15 is 0 Å². The maximum atomic E-state index is 5.60. The molecule has 2 aromatic rings. The van der Waals surface area contributed by atoms with Gasteiger partial charge in [-0.05, 0) is 24.7 Å². The Labute approximate surface area is 100 Å². The zero-order valence-corrected chi connectivity index (χ0v) is 9.84. The molecule has 1 aromatic carbocycles.